The zero-order valence-electron chi connectivity index (χ0n) is 16.2. The number of fused-ring (bicyclic) bond motifs is 1. The summed E-state index contributed by atoms with van der Waals surface area (Å²) < 4.78 is 6.16. The number of allylic oxidation sites excluding steroid dienone is 2. The first kappa shape index (κ1) is 18.6. The molecule has 0 amide bonds. The van der Waals surface area contributed by atoms with Gasteiger partial charge in [0.2, 0.25) is 0 Å². The Hall–Kier alpha value is -3.39. The fourth-order valence-corrected chi connectivity index (χ4v) is 4.67. The molecule has 0 unspecified atom stereocenters. The summed E-state index contributed by atoms with van der Waals surface area (Å²) in [6.45, 7) is 4.06. The van der Waals surface area contributed by atoms with E-state index in [4.69, 9.17) is 10.2 Å². The minimum absolute atomic E-state index is 0.164. The molecule has 1 aliphatic carbocycles. The molecule has 1 atom stereocenters. The lowest BCUT2D eigenvalue weighted by atomic mass is 9.79. The van der Waals surface area contributed by atoms with Crippen LogP contribution < -0.4 is 16.4 Å². The number of ketones is 1. The average molecular weight is 420 g/mol. The number of benzene rings is 1. The first-order valence-electron chi connectivity index (χ1n) is 9.74. The molecule has 152 valence electrons. The van der Waals surface area contributed by atoms with E-state index in [0.717, 1.165) is 46.9 Å². The van der Waals surface area contributed by atoms with Crippen LogP contribution in [0.25, 0.3) is 0 Å². The summed E-state index contributed by atoms with van der Waals surface area (Å²) in [4.78, 5) is 12.8. The van der Waals surface area contributed by atoms with Gasteiger partial charge in [0, 0.05) is 23.3 Å². The van der Waals surface area contributed by atoms with Crippen molar-refractivity contribution >= 4 is 34.7 Å². The van der Waals surface area contributed by atoms with Crippen LogP contribution in [0.3, 0.4) is 0 Å². The highest BCUT2D eigenvalue weighted by molar-refractivity contribution is 8.03. The minimum Gasteiger partial charge on any atom is -0.453 e. The highest BCUT2D eigenvalue weighted by Crippen LogP contribution is 2.45. The third-order valence-electron chi connectivity index (χ3n) is 5.35. The number of carbonyl (C=O) groups excluding carboxylic acids is 1. The lowest BCUT2D eigenvalue weighted by Gasteiger charge is -2.30. The molecule has 2 aliphatic rings. The van der Waals surface area contributed by atoms with E-state index in [-0.39, 0.29) is 11.7 Å². The smallest absolute Gasteiger partial charge is 0.166 e. The van der Waals surface area contributed by atoms with Gasteiger partial charge in [0.25, 0.3) is 0 Å². The standard InChI is InChI=1S/C22H21N5O2S/c1-12(25-15-6-3-2-5-14(15)23)30-19-10-9-18(29-19)20-13-11-24-27-22(13)26-16-7-4-8-17(28)21(16)20/h2-3,5-6,9-11,20,25H,1,4,7-8,23H2,(H2,24,26,27)/t20-/m1/s1. The number of aromatic nitrogens is 2. The summed E-state index contributed by atoms with van der Waals surface area (Å²) in [6.07, 6.45) is 4.02. The molecular formula is C22H21N5O2S. The molecule has 5 N–H and O–H groups in total. The third kappa shape index (κ3) is 3.29. The SMILES string of the molecule is C=C(Nc1ccccc1N)Sc1ccc([C@@H]2C3=C(CCCC3=O)Nc3[nH]ncc32)o1. The summed E-state index contributed by atoms with van der Waals surface area (Å²) in [5, 5.41) is 15.1. The number of nitrogens with one attached hydrogen (secondary N) is 3. The van der Waals surface area contributed by atoms with Crippen molar-refractivity contribution in [2.45, 2.75) is 30.3 Å². The van der Waals surface area contributed by atoms with E-state index in [0.29, 0.717) is 22.2 Å². The van der Waals surface area contributed by atoms with E-state index in [1.54, 1.807) is 6.20 Å². The number of aromatic amines is 1. The van der Waals surface area contributed by atoms with Crippen LogP contribution in [0, 0.1) is 0 Å². The van der Waals surface area contributed by atoms with Crippen LogP contribution in [0.15, 0.2) is 75.0 Å². The predicted octanol–water partition coefficient (Wildman–Crippen LogP) is 4.82. The van der Waals surface area contributed by atoms with Gasteiger partial charge in [-0.25, -0.2) is 0 Å². The highest BCUT2D eigenvalue weighted by Gasteiger charge is 2.37. The Labute approximate surface area is 177 Å². The van der Waals surface area contributed by atoms with Gasteiger partial charge in [0.1, 0.15) is 11.6 Å². The summed E-state index contributed by atoms with van der Waals surface area (Å²) in [6, 6.07) is 11.3. The Morgan fingerprint density at radius 2 is 2.13 bits per heavy atom. The molecule has 2 aromatic heterocycles. The normalized spacial score (nSPS) is 17.9. The molecule has 1 aliphatic heterocycles. The molecule has 7 nitrogen and oxygen atoms in total. The van der Waals surface area contributed by atoms with Gasteiger partial charge >= 0.3 is 0 Å². The predicted molar refractivity (Wildman–Crippen MR) is 118 cm³/mol. The number of hydrogen-bond donors (Lipinski definition) is 4. The number of rotatable bonds is 5. The van der Waals surface area contributed by atoms with Crippen molar-refractivity contribution in [3.8, 4) is 0 Å². The van der Waals surface area contributed by atoms with Gasteiger partial charge in [-0.3, -0.25) is 9.89 Å². The minimum atomic E-state index is -0.261. The number of nitrogen functional groups attached to an aromatic ring is 1. The number of nitrogens with zero attached hydrogens (tertiary/aromatic N) is 1. The Bertz CT molecular complexity index is 1180. The van der Waals surface area contributed by atoms with Crippen LogP contribution in [-0.4, -0.2) is 16.0 Å². The van der Waals surface area contributed by atoms with Gasteiger partial charge in [-0.05, 0) is 48.9 Å². The number of anilines is 3. The number of carbonyl (C=O) groups is 1. The maximum atomic E-state index is 12.8. The molecule has 0 radical (unpaired) electrons. The van der Waals surface area contributed by atoms with Crippen LogP contribution in [0.4, 0.5) is 17.2 Å². The molecule has 1 aromatic carbocycles. The fourth-order valence-electron chi connectivity index (χ4n) is 4.00. The Morgan fingerprint density at radius 1 is 1.27 bits per heavy atom. The van der Waals surface area contributed by atoms with Gasteiger partial charge in [0.05, 0.1) is 28.5 Å². The second kappa shape index (κ2) is 7.46. The second-order valence-corrected chi connectivity index (χ2v) is 8.42. The van der Waals surface area contributed by atoms with Crippen molar-refractivity contribution in [2.24, 2.45) is 0 Å². The molecule has 3 heterocycles. The fraction of sp³-hybridized carbons (Fsp3) is 0.182. The van der Waals surface area contributed by atoms with Crippen LogP contribution in [0.1, 0.15) is 36.5 Å². The van der Waals surface area contributed by atoms with Crippen molar-refractivity contribution in [2.75, 3.05) is 16.4 Å². The number of thioether (sulfide) groups is 1. The van der Waals surface area contributed by atoms with E-state index in [9.17, 15) is 4.79 Å². The molecule has 5 rings (SSSR count). The first-order chi connectivity index (χ1) is 14.6. The molecule has 0 saturated heterocycles. The molecule has 30 heavy (non-hydrogen) atoms. The lowest BCUT2D eigenvalue weighted by molar-refractivity contribution is -0.116. The summed E-state index contributed by atoms with van der Waals surface area (Å²) >= 11 is 1.38. The van der Waals surface area contributed by atoms with Crippen molar-refractivity contribution in [1.82, 2.24) is 10.2 Å². The Morgan fingerprint density at radius 3 is 3.00 bits per heavy atom. The van der Waals surface area contributed by atoms with Crippen molar-refractivity contribution in [3.63, 3.8) is 0 Å². The highest BCUT2D eigenvalue weighted by atomic mass is 32.2. The van der Waals surface area contributed by atoms with Gasteiger partial charge in [-0.1, -0.05) is 18.7 Å². The summed E-state index contributed by atoms with van der Waals surface area (Å²) in [5.41, 5.74) is 10.1. The molecule has 0 saturated carbocycles. The maximum absolute atomic E-state index is 12.8. The molecule has 0 bridgehead atoms. The van der Waals surface area contributed by atoms with E-state index >= 15 is 0 Å². The van der Waals surface area contributed by atoms with Crippen molar-refractivity contribution < 1.29 is 9.21 Å². The van der Waals surface area contributed by atoms with Crippen LogP contribution in [0.5, 0.6) is 0 Å². The number of nitrogens with two attached hydrogens (primary N) is 1. The Balaban J connectivity index is 1.41. The molecule has 0 spiro atoms. The number of Topliss-reactive ketones (excluding diaryl/α,β-unsaturated/α-hetero) is 1. The summed E-state index contributed by atoms with van der Waals surface area (Å²) in [5.74, 6) is 1.45. The van der Waals surface area contributed by atoms with Crippen LogP contribution in [0.2, 0.25) is 0 Å². The number of hydrogen-bond acceptors (Lipinski definition) is 7. The third-order valence-corrected chi connectivity index (χ3v) is 6.11. The molecule has 8 heteroatoms. The summed E-state index contributed by atoms with van der Waals surface area (Å²) in [7, 11) is 0. The van der Waals surface area contributed by atoms with Gasteiger partial charge in [-0.2, -0.15) is 5.10 Å². The first-order valence-corrected chi connectivity index (χ1v) is 10.6. The van der Waals surface area contributed by atoms with Crippen LogP contribution in [-0.2, 0) is 4.79 Å². The van der Waals surface area contributed by atoms with E-state index < -0.39 is 0 Å². The maximum Gasteiger partial charge on any atom is 0.166 e. The number of H-pyrrole nitrogens is 1. The average Bonchev–Trinajstić information content (AvgIpc) is 3.37. The zero-order chi connectivity index (χ0) is 20.7. The molecule has 3 aromatic rings. The monoisotopic (exact) mass is 419 g/mol. The topological polar surface area (TPSA) is 109 Å². The Kier molecular flexibility index (Phi) is 4.63. The van der Waals surface area contributed by atoms with E-state index in [1.165, 1.54) is 11.8 Å². The van der Waals surface area contributed by atoms with Crippen molar-refractivity contribution in [3.05, 3.63) is 76.8 Å². The molecule has 0 fully saturated rings. The quantitative estimate of drug-likeness (QED) is 0.347. The molecular weight excluding hydrogens is 398 g/mol. The van der Waals surface area contributed by atoms with Gasteiger partial charge in [-0.15, -0.1) is 0 Å². The van der Waals surface area contributed by atoms with Gasteiger partial charge in [0.15, 0.2) is 10.9 Å². The van der Waals surface area contributed by atoms with Crippen LogP contribution >= 0.6 is 11.8 Å². The van der Waals surface area contributed by atoms with E-state index in [2.05, 4.69) is 27.4 Å². The lowest BCUT2D eigenvalue weighted by Crippen LogP contribution is -2.26. The second-order valence-electron chi connectivity index (χ2n) is 7.32. The zero-order valence-corrected chi connectivity index (χ0v) is 17.0. The number of furan rings is 1. The van der Waals surface area contributed by atoms with E-state index in [1.807, 2.05) is 36.4 Å². The van der Waals surface area contributed by atoms with Crippen molar-refractivity contribution in [1.29, 1.82) is 0 Å². The van der Waals surface area contributed by atoms with Gasteiger partial charge < -0.3 is 20.8 Å². The number of para-hydroxylation sites is 2. The largest absolute Gasteiger partial charge is 0.453 e.